The van der Waals surface area contributed by atoms with E-state index in [4.69, 9.17) is 4.74 Å². The summed E-state index contributed by atoms with van der Waals surface area (Å²) >= 11 is 0. The zero-order valence-corrected chi connectivity index (χ0v) is 13.2. The molecule has 1 fully saturated rings. The Kier molecular flexibility index (Phi) is 4.65. The van der Waals surface area contributed by atoms with Crippen molar-refractivity contribution in [2.45, 2.75) is 6.54 Å². The van der Waals surface area contributed by atoms with Crippen LogP contribution in [0.15, 0.2) is 36.4 Å². The fraction of sp³-hybridized carbons (Fsp3) is 0.412. The molecule has 0 saturated carbocycles. The summed E-state index contributed by atoms with van der Waals surface area (Å²) in [6.07, 6.45) is 0. The van der Waals surface area contributed by atoms with Crippen molar-refractivity contribution < 1.29 is 4.74 Å². The van der Waals surface area contributed by atoms with Crippen LogP contribution in [0.3, 0.4) is 0 Å². The highest BCUT2D eigenvalue weighted by molar-refractivity contribution is 5.60. The number of anilines is 1. The van der Waals surface area contributed by atoms with Gasteiger partial charge < -0.3 is 9.64 Å². The van der Waals surface area contributed by atoms with Gasteiger partial charge in [-0.15, -0.1) is 10.2 Å². The summed E-state index contributed by atoms with van der Waals surface area (Å²) in [4.78, 5) is 4.37. The van der Waals surface area contributed by atoms with Crippen molar-refractivity contribution in [3.8, 4) is 11.3 Å². The summed E-state index contributed by atoms with van der Waals surface area (Å²) in [5.41, 5.74) is 3.33. The molecule has 2 aromatic rings. The van der Waals surface area contributed by atoms with Gasteiger partial charge in [0.25, 0.3) is 0 Å². The van der Waals surface area contributed by atoms with Crippen LogP contribution >= 0.6 is 0 Å². The highest BCUT2D eigenvalue weighted by atomic mass is 16.5. The van der Waals surface area contributed by atoms with Crippen molar-refractivity contribution in [1.82, 2.24) is 15.1 Å². The molecule has 1 aromatic carbocycles. The van der Waals surface area contributed by atoms with Gasteiger partial charge in [0.05, 0.1) is 18.9 Å². The minimum absolute atomic E-state index is 0.831. The Morgan fingerprint density at radius 3 is 2.59 bits per heavy atom. The van der Waals surface area contributed by atoms with Crippen LogP contribution in [0, 0.1) is 0 Å². The quantitative estimate of drug-likeness (QED) is 0.864. The Balaban J connectivity index is 1.75. The maximum Gasteiger partial charge on any atom is 0.150 e. The summed E-state index contributed by atoms with van der Waals surface area (Å²) in [5.74, 6) is 0.869. The average molecular weight is 298 g/mol. The molecule has 5 heteroatoms. The molecule has 0 N–H and O–H groups in total. The Morgan fingerprint density at radius 2 is 1.91 bits per heavy atom. The number of hydrogen-bond donors (Lipinski definition) is 0. The van der Waals surface area contributed by atoms with Gasteiger partial charge in [0.2, 0.25) is 0 Å². The fourth-order valence-corrected chi connectivity index (χ4v) is 2.56. The summed E-state index contributed by atoms with van der Waals surface area (Å²) in [6.45, 7) is 4.62. The molecule has 2 heterocycles. The van der Waals surface area contributed by atoms with E-state index in [1.54, 1.807) is 0 Å². The number of hydrogen-bond acceptors (Lipinski definition) is 5. The van der Waals surface area contributed by atoms with Crippen molar-refractivity contribution in [1.29, 1.82) is 0 Å². The number of morpholine rings is 1. The van der Waals surface area contributed by atoms with E-state index in [0.717, 1.165) is 49.9 Å². The smallest absolute Gasteiger partial charge is 0.150 e. The Morgan fingerprint density at radius 1 is 1.09 bits per heavy atom. The third-order valence-electron chi connectivity index (χ3n) is 3.84. The molecule has 3 rings (SSSR count). The average Bonchev–Trinajstić information content (AvgIpc) is 2.56. The van der Waals surface area contributed by atoms with Gasteiger partial charge >= 0.3 is 0 Å². The summed E-state index contributed by atoms with van der Waals surface area (Å²) in [5, 5.41) is 8.58. The lowest BCUT2D eigenvalue weighted by molar-refractivity contribution is 0.0342. The molecule has 22 heavy (non-hydrogen) atoms. The van der Waals surface area contributed by atoms with Crippen LogP contribution in [0.25, 0.3) is 11.3 Å². The molecule has 0 atom stereocenters. The minimum atomic E-state index is 0.831. The standard InChI is InChI=1S/C17H22N4O/c1-20(2)17-7-6-16(18-19-17)15-5-3-4-14(12-15)13-21-8-10-22-11-9-21/h3-7,12H,8-11,13H2,1-2H3. The van der Waals surface area contributed by atoms with Crippen molar-refractivity contribution in [3.63, 3.8) is 0 Å². The summed E-state index contributed by atoms with van der Waals surface area (Å²) < 4.78 is 5.40. The molecule has 0 radical (unpaired) electrons. The first-order valence-corrected chi connectivity index (χ1v) is 7.63. The van der Waals surface area contributed by atoms with Gasteiger partial charge in [-0.05, 0) is 23.8 Å². The predicted octanol–water partition coefficient (Wildman–Crippen LogP) is 2.04. The number of benzene rings is 1. The third kappa shape index (κ3) is 3.61. The van der Waals surface area contributed by atoms with E-state index in [9.17, 15) is 0 Å². The van der Waals surface area contributed by atoms with E-state index >= 15 is 0 Å². The molecule has 0 spiro atoms. The maximum atomic E-state index is 5.40. The van der Waals surface area contributed by atoms with Gasteiger partial charge in [-0.2, -0.15) is 0 Å². The van der Waals surface area contributed by atoms with Crippen LogP contribution in [0.1, 0.15) is 5.56 Å². The zero-order chi connectivity index (χ0) is 15.4. The lowest BCUT2D eigenvalue weighted by atomic mass is 10.1. The van der Waals surface area contributed by atoms with Crippen molar-refractivity contribution >= 4 is 5.82 Å². The van der Waals surface area contributed by atoms with Gasteiger partial charge in [-0.1, -0.05) is 18.2 Å². The molecule has 116 valence electrons. The molecule has 1 aliphatic heterocycles. The predicted molar refractivity (Wildman–Crippen MR) is 87.9 cm³/mol. The Bertz CT molecular complexity index is 606. The highest BCUT2D eigenvalue weighted by Crippen LogP contribution is 2.20. The topological polar surface area (TPSA) is 41.5 Å². The number of nitrogens with zero attached hydrogens (tertiary/aromatic N) is 4. The minimum Gasteiger partial charge on any atom is -0.379 e. The van der Waals surface area contributed by atoms with Gasteiger partial charge in [0.1, 0.15) is 0 Å². The van der Waals surface area contributed by atoms with Crippen molar-refractivity contribution in [2.75, 3.05) is 45.3 Å². The highest BCUT2D eigenvalue weighted by Gasteiger charge is 2.11. The molecule has 1 saturated heterocycles. The lowest BCUT2D eigenvalue weighted by Crippen LogP contribution is -2.35. The first-order chi connectivity index (χ1) is 10.7. The maximum absolute atomic E-state index is 5.40. The number of rotatable bonds is 4. The lowest BCUT2D eigenvalue weighted by Gasteiger charge is -2.26. The fourth-order valence-electron chi connectivity index (χ4n) is 2.56. The van der Waals surface area contributed by atoms with E-state index < -0.39 is 0 Å². The van der Waals surface area contributed by atoms with Crippen LogP contribution in [-0.4, -0.2) is 55.5 Å². The van der Waals surface area contributed by atoms with E-state index in [0.29, 0.717) is 0 Å². The van der Waals surface area contributed by atoms with Gasteiger partial charge in [0.15, 0.2) is 5.82 Å². The van der Waals surface area contributed by atoms with Gasteiger partial charge in [-0.25, -0.2) is 0 Å². The van der Waals surface area contributed by atoms with Crippen LogP contribution in [0.5, 0.6) is 0 Å². The van der Waals surface area contributed by atoms with Crippen LogP contribution < -0.4 is 4.90 Å². The molecule has 0 aliphatic carbocycles. The molecular formula is C17H22N4O. The van der Waals surface area contributed by atoms with Crippen molar-refractivity contribution in [3.05, 3.63) is 42.0 Å². The SMILES string of the molecule is CN(C)c1ccc(-c2cccc(CN3CCOCC3)c2)nn1. The van der Waals surface area contributed by atoms with E-state index in [-0.39, 0.29) is 0 Å². The van der Waals surface area contributed by atoms with Gasteiger partial charge in [-0.3, -0.25) is 4.90 Å². The molecule has 0 bridgehead atoms. The molecule has 0 unspecified atom stereocenters. The number of aromatic nitrogens is 2. The first kappa shape index (κ1) is 14.9. The van der Waals surface area contributed by atoms with Crippen LogP contribution in [-0.2, 0) is 11.3 Å². The Hall–Kier alpha value is -1.98. The molecular weight excluding hydrogens is 276 g/mol. The monoisotopic (exact) mass is 298 g/mol. The molecule has 1 aliphatic rings. The van der Waals surface area contributed by atoms with E-state index in [1.165, 1.54) is 5.56 Å². The van der Waals surface area contributed by atoms with Crippen LogP contribution in [0.2, 0.25) is 0 Å². The molecule has 5 nitrogen and oxygen atoms in total. The second-order valence-electron chi connectivity index (χ2n) is 5.76. The van der Waals surface area contributed by atoms with Crippen molar-refractivity contribution in [2.24, 2.45) is 0 Å². The normalized spacial score (nSPS) is 15.7. The second kappa shape index (κ2) is 6.85. The summed E-state index contributed by atoms with van der Waals surface area (Å²) in [7, 11) is 3.93. The zero-order valence-electron chi connectivity index (χ0n) is 13.2. The first-order valence-electron chi connectivity index (χ1n) is 7.63. The third-order valence-corrected chi connectivity index (χ3v) is 3.84. The number of ether oxygens (including phenoxy) is 1. The molecule has 1 aromatic heterocycles. The molecule has 0 amide bonds. The van der Waals surface area contributed by atoms with Gasteiger partial charge in [0, 0.05) is 39.3 Å². The second-order valence-corrected chi connectivity index (χ2v) is 5.76. The Labute approximate surface area is 131 Å². The largest absolute Gasteiger partial charge is 0.379 e. The summed E-state index contributed by atoms with van der Waals surface area (Å²) in [6, 6.07) is 12.6. The van der Waals surface area contributed by atoms with Crippen LogP contribution in [0.4, 0.5) is 5.82 Å². The van der Waals surface area contributed by atoms with E-state index in [2.05, 4.69) is 39.4 Å². The van der Waals surface area contributed by atoms with E-state index in [1.807, 2.05) is 31.1 Å².